The monoisotopic (exact) mass is 288 g/mol. The molecule has 10 heteroatoms. The number of pyridine rings is 1. The molecule has 1 heterocycles. The Morgan fingerprint density at radius 3 is 2.21 bits per heavy atom. The average Bonchev–Trinajstić information content (AvgIpc) is 2.24. The maximum absolute atomic E-state index is 12.6. The number of hydrogen-bond acceptors (Lipinski definition) is 4. The Balaban J connectivity index is 3.45. The summed E-state index contributed by atoms with van der Waals surface area (Å²) >= 11 is 0. The van der Waals surface area contributed by atoms with Crippen molar-refractivity contribution in [2.75, 3.05) is 0 Å². The lowest BCUT2D eigenvalue weighted by Gasteiger charge is -2.16. The van der Waals surface area contributed by atoms with Gasteiger partial charge in [-0.3, -0.25) is 4.79 Å². The smallest absolute Gasteiger partial charge is 0.387 e. The Kier molecular flexibility index (Phi) is 4.03. The highest BCUT2D eigenvalue weighted by Crippen LogP contribution is 2.38. The fourth-order valence-electron chi connectivity index (χ4n) is 1.21. The van der Waals surface area contributed by atoms with Crippen LogP contribution < -0.4 is 10.5 Å². The highest BCUT2D eigenvalue weighted by Gasteiger charge is 2.41. The Morgan fingerprint density at radius 2 is 1.84 bits per heavy atom. The Morgan fingerprint density at radius 1 is 1.26 bits per heavy atom. The third kappa shape index (κ3) is 3.81. The number of alkyl halides is 6. The van der Waals surface area contributed by atoms with Gasteiger partial charge in [-0.15, -0.1) is 13.2 Å². The van der Waals surface area contributed by atoms with Crippen molar-refractivity contribution < 1.29 is 35.9 Å². The van der Waals surface area contributed by atoms with Crippen molar-refractivity contribution in [1.82, 2.24) is 4.98 Å². The lowest BCUT2D eigenvalue weighted by atomic mass is 10.1. The molecule has 2 N–H and O–H groups in total. The molecule has 1 rings (SSSR count). The van der Waals surface area contributed by atoms with Crippen LogP contribution in [0.5, 0.6) is 5.88 Å². The molecule has 0 unspecified atom stereocenters. The zero-order valence-corrected chi connectivity index (χ0v) is 8.97. The second-order valence-corrected chi connectivity index (χ2v) is 3.25. The summed E-state index contributed by atoms with van der Waals surface area (Å²) in [7, 11) is 0. The Bertz CT molecular complexity index is 483. The molecule has 0 aromatic carbocycles. The van der Waals surface area contributed by atoms with E-state index >= 15 is 0 Å². The summed E-state index contributed by atoms with van der Waals surface area (Å²) in [6.07, 6.45) is -10.5. The van der Waals surface area contributed by atoms with Crippen molar-refractivity contribution in [3.63, 3.8) is 0 Å². The van der Waals surface area contributed by atoms with Gasteiger partial charge in [0.15, 0.2) is 6.29 Å². The van der Waals surface area contributed by atoms with Crippen LogP contribution in [0, 0.1) is 0 Å². The molecule has 0 aliphatic carbocycles. The maximum Gasteiger partial charge on any atom is 0.574 e. The van der Waals surface area contributed by atoms with Gasteiger partial charge in [-0.25, -0.2) is 4.98 Å². The quantitative estimate of drug-likeness (QED) is 0.684. The molecule has 106 valence electrons. The zero-order valence-electron chi connectivity index (χ0n) is 8.97. The van der Waals surface area contributed by atoms with Crippen LogP contribution in [0.2, 0.25) is 0 Å². The lowest BCUT2D eigenvalue weighted by molar-refractivity contribution is -0.277. The number of carbonyl (C=O) groups excluding carboxylic acids is 1. The van der Waals surface area contributed by atoms with E-state index in [0.29, 0.717) is 6.07 Å². The summed E-state index contributed by atoms with van der Waals surface area (Å²) in [4.78, 5) is 13.4. The number of ether oxygens (including phenoxy) is 1. The van der Waals surface area contributed by atoms with Crippen LogP contribution in [0.25, 0.3) is 0 Å². The molecule has 0 radical (unpaired) electrons. The number of aldehydes is 1. The molecule has 0 fully saturated rings. The van der Waals surface area contributed by atoms with E-state index < -0.39 is 36.2 Å². The number of aromatic nitrogens is 1. The average molecular weight is 288 g/mol. The van der Waals surface area contributed by atoms with Gasteiger partial charge in [-0.05, 0) is 11.6 Å². The minimum Gasteiger partial charge on any atom is -0.387 e. The molecule has 0 saturated carbocycles. The molecule has 19 heavy (non-hydrogen) atoms. The predicted octanol–water partition coefficient (Wildman–Crippen LogP) is 2.27. The molecule has 4 nitrogen and oxygen atoms in total. The first-order chi connectivity index (χ1) is 8.58. The standard InChI is InChI=1S/C9H6F6N2O2/c10-8(11,12)5-1-4(2-16)6(3-18)17-7(5)19-9(13,14)15/h1,3H,2,16H2. The van der Waals surface area contributed by atoms with Gasteiger partial charge in [-0.1, -0.05) is 0 Å². The van der Waals surface area contributed by atoms with Crippen LogP contribution in [0.4, 0.5) is 26.3 Å². The fourth-order valence-corrected chi connectivity index (χ4v) is 1.21. The van der Waals surface area contributed by atoms with Gasteiger partial charge in [0.25, 0.3) is 0 Å². The molecular weight excluding hydrogens is 282 g/mol. The minimum atomic E-state index is -5.36. The second kappa shape index (κ2) is 5.03. The lowest BCUT2D eigenvalue weighted by Crippen LogP contribution is -2.22. The molecule has 0 spiro atoms. The van der Waals surface area contributed by atoms with E-state index in [-0.39, 0.29) is 11.8 Å². The van der Waals surface area contributed by atoms with Crippen LogP contribution in [0.1, 0.15) is 21.6 Å². The van der Waals surface area contributed by atoms with Gasteiger partial charge >= 0.3 is 12.5 Å². The van der Waals surface area contributed by atoms with Gasteiger partial charge in [0, 0.05) is 6.54 Å². The zero-order chi connectivity index (χ0) is 14.8. The third-order valence-corrected chi connectivity index (χ3v) is 1.95. The van der Waals surface area contributed by atoms with Crippen LogP contribution >= 0.6 is 0 Å². The maximum atomic E-state index is 12.6. The molecule has 0 saturated heterocycles. The topological polar surface area (TPSA) is 65.2 Å². The highest BCUT2D eigenvalue weighted by molar-refractivity contribution is 5.75. The predicted molar refractivity (Wildman–Crippen MR) is 49.2 cm³/mol. The first-order valence-electron chi connectivity index (χ1n) is 4.60. The summed E-state index contributed by atoms with van der Waals surface area (Å²) in [6, 6.07) is 0.303. The van der Waals surface area contributed by atoms with E-state index in [1.54, 1.807) is 0 Å². The number of hydrogen-bond donors (Lipinski definition) is 1. The van der Waals surface area contributed by atoms with E-state index in [4.69, 9.17) is 5.73 Å². The number of rotatable bonds is 3. The van der Waals surface area contributed by atoms with Gasteiger partial charge in [0.2, 0.25) is 5.88 Å². The number of carbonyl (C=O) groups is 1. The summed E-state index contributed by atoms with van der Waals surface area (Å²) in [5, 5.41) is 0. The largest absolute Gasteiger partial charge is 0.574 e. The normalized spacial score (nSPS) is 12.4. The first kappa shape index (κ1) is 15.2. The van der Waals surface area contributed by atoms with E-state index in [1.165, 1.54) is 0 Å². The molecule has 0 atom stereocenters. The number of nitrogens with zero attached hydrogens (tertiary/aromatic N) is 1. The Hall–Kier alpha value is -1.84. The minimum absolute atomic E-state index is 0.00835. The third-order valence-electron chi connectivity index (χ3n) is 1.95. The molecule has 1 aromatic heterocycles. The van der Waals surface area contributed by atoms with Crippen molar-refractivity contribution in [2.24, 2.45) is 5.73 Å². The molecule has 0 bridgehead atoms. The summed E-state index contributed by atoms with van der Waals surface area (Å²) in [5.74, 6) is -1.74. The van der Waals surface area contributed by atoms with Crippen molar-refractivity contribution in [1.29, 1.82) is 0 Å². The molecule has 1 aromatic rings. The summed E-state index contributed by atoms with van der Waals surface area (Å²) in [5.41, 5.74) is 2.35. The molecular formula is C9H6F6N2O2. The van der Waals surface area contributed by atoms with Crippen LogP contribution in [0.15, 0.2) is 6.07 Å². The second-order valence-electron chi connectivity index (χ2n) is 3.25. The van der Waals surface area contributed by atoms with Crippen molar-refractivity contribution in [2.45, 2.75) is 19.1 Å². The van der Waals surface area contributed by atoms with E-state index in [2.05, 4.69) is 9.72 Å². The van der Waals surface area contributed by atoms with Gasteiger partial charge in [0.05, 0.1) is 0 Å². The van der Waals surface area contributed by atoms with E-state index in [9.17, 15) is 31.1 Å². The fraction of sp³-hybridized carbons (Fsp3) is 0.333. The highest BCUT2D eigenvalue weighted by atomic mass is 19.4. The van der Waals surface area contributed by atoms with Gasteiger partial charge < -0.3 is 10.5 Å². The molecule has 0 aliphatic heterocycles. The number of halogens is 6. The van der Waals surface area contributed by atoms with Crippen LogP contribution in [-0.2, 0) is 12.7 Å². The van der Waals surface area contributed by atoms with Gasteiger partial charge in [-0.2, -0.15) is 13.2 Å². The Labute approximate surface area is 102 Å². The van der Waals surface area contributed by atoms with E-state index in [0.717, 1.165) is 0 Å². The summed E-state index contributed by atoms with van der Waals surface area (Å²) in [6.45, 7) is -0.490. The number of nitrogens with two attached hydrogens (primary N) is 1. The van der Waals surface area contributed by atoms with Crippen molar-refractivity contribution >= 4 is 6.29 Å². The van der Waals surface area contributed by atoms with Crippen LogP contribution in [0.3, 0.4) is 0 Å². The SMILES string of the molecule is NCc1cc(C(F)(F)F)c(OC(F)(F)F)nc1C=O. The molecule has 0 aliphatic rings. The van der Waals surface area contributed by atoms with E-state index in [1.807, 2.05) is 0 Å². The van der Waals surface area contributed by atoms with Crippen LogP contribution in [-0.4, -0.2) is 17.6 Å². The molecule has 0 amide bonds. The van der Waals surface area contributed by atoms with Crippen molar-refractivity contribution in [3.05, 3.63) is 22.9 Å². The summed E-state index contributed by atoms with van der Waals surface area (Å²) < 4.78 is 76.8. The first-order valence-corrected chi connectivity index (χ1v) is 4.60. The van der Waals surface area contributed by atoms with Crippen molar-refractivity contribution in [3.8, 4) is 5.88 Å². The van der Waals surface area contributed by atoms with Gasteiger partial charge in [0.1, 0.15) is 11.3 Å².